The largest absolute Gasteiger partial charge is 0.261 e. The predicted octanol–water partition coefficient (Wildman–Crippen LogP) is 2.47. The van der Waals surface area contributed by atoms with Crippen LogP contribution in [0, 0.1) is 0 Å². The topological polar surface area (TPSA) is 47.0 Å². The van der Waals surface area contributed by atoms with Crippen LogP contribution in [0.15, 0.2) is 53.6 Å². The summed E-state index contributed by atoms with van der Waals surface area (Å²) in [5, 5.41) is 0. The predicted molar refractivity (Wildman–Crippen MR) is 71.2 cm³/mol. The van der Waals surface area contributed by atoms with E-state index < -0.39 is 9.84 Å². The van der Waals surface area contributed by atoms with Crippen molar-refractivity contribution < 1.29 is 8.42 Å². The Morgan fingerprint density at radius 2 is 1.78 bits per heavy atom. The summed E-state index contributed by atoms with van der Waals surface area (Å²) in [6.45, 7) is 1.66. The number of rotatable bonds is 4. The molecule has 94 valence electrons. The number of aromatic nitrogens is 1. The third kappa shape index (κ3) is 2.76. The van der Waals surface area contributed by atoms with E-state index in [0.717, 1.165) is 11.3 Å². The molecule has 2 aromatic rings. The molecule has 0 aliphatic carbocycles. The molecule has 0 amide bonds. The average Bonchev–Trinajstić information content (AvgIpc) is 2.40. The van der Waals surface area contributed by atoms with Crippen LogP contribution in [0.2, 0.25) is 0 Å². The van der Waals surface area contributed by atoms with Gasteiger partial charge in [0.25, 0.3) is 0 Å². The molecule has 1 heterocycles. The molecule has 1 aromatic heterocycles. The molecule has 0 bridgehead atoms. The SMILES string of the molecule is CCS(=O)(=O)c1ccccc1Cc1ccccn1. The monoisotopic (exact) mass is 261 g/mol. The molecule has 0 spiro atoms. The van der Waals surface area contributed by atoms with E-state index in [0.29, 0.717) is 11.3 Å². The Morgan fingerprint density at radius 3 is 2.44 bits per heavy atom. The normalized spacial score (nSPS) is 11.4. The maximum Gasteiger partial charge on any atom is 0.178 e. The zero-order chi connectivity index (χ0) is 13.0. The number of hydrogen-bond donors (Lipinski definition) is 0. The van der Waals surface area contributed by atoms with E-state index >= 15 is 0 Å². The highest BCUT2D eigenvalue weighted by atomic mass is 32.2. The average molecular weight is 261 g/mol. The van der Waals surface area contributed by atoms with Crippen LogP contribution in [0.5, 0.6) is 0 Å². The van der Waals surface area contributed by atoms with Crippen molar-refractivity contribution in [3.05, 3.63) is 59.9 Å². The molecule has 0 N–H and O–H groups in total. The third-order valence-corrected chi connectivity index (χ3v) is 4.61. The first-order chi connectivity index (χ1) is 8.63. The number of nitrogens with zero attached hydrogens (tertiary/aromatic N) is 1. The van der Waals surface area contributed by atoms with Gasteiger partial charge in [-0.1, -0.05) is 31.2 Å². The zero-order valence-corrected chi connectivity index (χ0v) is 11.0. The summed E-state index contributed by atoms with van der Waals surface area (Å²) in [6, 6.07) is 12.8. The standard InChI is InChI=1S/C14H15NO2S/c1-2-18(16,17)14-9-4-3-7-12(14)11-13-8-5-6-10-15-13/h3-10H,2,11H2,1H3. The number of benzene rings is 1. The molecular formula is C14H15NO2S. The molecule has 0 atom stereocenters. The van der Waals surface area contributed by atoms with E-state index in [2.05, 4.69) is 4.98 Å². The van der Waals surface area contributed by atoms with Crippen LogP contribution in [0.25, 0.3) is 0 Å². The Morgan fingerprint density at radius 1 is 1.06 bits per heavy atom. The van der Waals surface area contributed by atoms with Crippen molar-refractivity contribution in [1.29, 1.82) is 0 Å². The minimum absolute atomic E-state index is 0.117. The highest BCUT2D eigenvalue weighted by Crippen LogP contribution is 2.19. The van der Waals surface area contributed by atoms with Gasteiger partial charge in [-0.25, -0.2) is 8.42 Å². The maximum atomic E-state index is 12.0. The lowest BCUT2D eigenvalue weighted by molar-refractivity contribution is 0.596. The first-order valence-corrected chi connectivity index (χ1v) is 7.49. The molecule has 0 saturated heterocycles. The molecule has 3 nitrogen and oxygen atoms in total. The smallest absolute Gasteiger partial charge is 0.178 e. The summed E-state index contributed by atoms with van der Waals surface area (Å²) in [5.74, 6) is 0.117. The van der Waals surface area contributed by atoms with E-state index in [-0.39, 0.29) is 5.75 Å². The van der Waals surface area contributed by atoms with Gasteiger partial charge in [0, 0.05) is 18.3 Å². The van der Waals surface area contributed by atoms with E-state index in [1.807, 2.05) is 30.3 Å². The third-order valence-electron chi connectivity index (χ3n) is 2.79. The van der Waals surface area contributed by atoms with Gasteiger partial charge in [-0.05, 0) is 23.8 Å². The molecule has 4 heteroatoms. The quantitative estimate of drug-likeness (QED) is 0.849. The van der Waals surface area contributed by atoms with Gasteiger partial charge in [0.05, 0.1) is 10.6 Å². The van der Waals surface area contributed by atoms with Crippen LogP contribution in [-0.4, -0.2) is 19.2 Å². The minimum Gasteiger partial charge on any atom is -0.261 e. The Balaban J connectivity index is 2.41. The lowest BCUT2D eigenvalue weighted by Gasteiger charge is -2.08. The molecule has 0 saturated carbocycles. The van der Waals surface area contributed by atoms with Gasteiger partial charge in [-0.15, -0.1) is 0 Å². The lowest BCUT2D eigenvalue weighted by Crippen LogP contribution is -2.07. The molecule has 0 aliphatic rings. The second kappa shape index (κ2) is 5.31. The Bertz CT molecular complexity index is 621. The van der Waals surface area contributed by atoms with Gasteiger partial charge in [0.15, 0.2) is 9.84 Å². The van der Waals surface area contributed by atoms with E-state index in [1.54, 1.807) is 25.3 Å². The van der Waals surface area contributed by atoms with Crippen molar-refractivity contribution in [2.45, 2.75) is 18.2 Å². The van der Waals surface area contributed by atoms with Crippen molar-refractivity contribution in [1.82, 2.24) is 4.98 Å². The summed E-state index contributed by atoms with van der Waals surface area (Å²) in [6.07, 6.45) is 2.25. The highest BCUT2D eigenvalue weighted by molar-refractivity contribution is 7.91. The van der Waals surface area contributed by atoms with Crippen LogP contribution >= 0.6 is 0 Å². The fraction of sp³-hybridized carbons (Fsp3) is 0.214. The summed E-state index contributed by atoms with van der Waals surface area (Å²) in [7, 11) is -3.18. The van der Waals surface area contributed by atoms with Gasteiger partial charge < -0.3 is 0 Å². The van der Waals surface area contributed by atoms with Crippen molar-refractivity contribution in [2.24, 2.45) is 0 Å². The molecule has 0 aliphatic heterocycles. The molecule has 0 unspecified atom stereocenters. The molecular weight excluding hydrogens is 246 g/mol. The molecule has 0 fully saturated rings. The van der Waals surface area contributed by atoms with E-state index in [9.17, 15) is 8.42 Å². The molecule has 18 heavy (non-hydrogen) atoms. The first-order valence-electron chi connectivity index (χ1n) is 5.84. The van der Waals surface area contributed by atoms with Crippen LogP contribution < -0.4 is 0 Å². The second-order valence-electron chi connectivity index (χ2n) is 4.01. The zero-order valence-electron chi connectivity index (χ0n) is 10.2. The first kappa shape index (κ1) is 12.8. The van der Waals surface area contributed by atoms with Gasteiger partial charge in [0.1, 0.15) is 0 Å². The van der Waals surface area contributed by atoms with Gasteiger partial charge in [-0.3, -0.25) is 4.98 Å². The Kier molecular flexibility index (Phi) is 3.77. The summed E-state index contributed by atoms with van der Waals surface area (Å²) >= 11 is 0. The number of pyridine rings is 1. The molecule has 0 radical (unpaired) electrons. The maximum absolute atomic E-state index is 12.0. The van der Waals surface area contributed by atoms with Crippen LogP contribution in [0.3, 0.4) is 0 Å². The highest BCUT2D eigenvalue weighted by Gasteiger charge is 2.16. The summed E-state index contributed by atoms with van der Waals surface area (Å²) in [5.41, 5.74) is 1.68. The molecule has 2 rings (SSSR count). The van der Waals surface area contributed by atoms with Crippen LogP contribution in [-0.2, 0) is 16.3 Å². The second-order valence-corrected chi connectivity index (χ2v) is 6.26. The van der Waals surface area contributed by atoms with Crippen LogP contribution in [0.1, 0.15) is 18.2 Å². The summed E-state index contributed by atoms with van der Waals surface area (Å²) < 4.78 is 24.0. The number of sulfone groups is 1. The van der Waals surface area contributed by atoms with Crippen molar-refractivity contribution >= 4 is 9.84 Å². The van der Waals surface area contributed by atoms with Crippen molar-refractivity contribution in [3.8, 4) is 0 Å². The minimum atomic E-state index is -3.18. The molecule has 1 aromatic carbocycles. The van der Waals surface area contributed by atoms with Gasteiger partial charge >= 0.3 is 0 Å². The lowest BCUT2D eigenvalue weighted by atomic mass is 10.1. The van der Waals surface area contributed by atoms with Crippen molar-refractivity contribution in [3.63, 3.8) is 0 Å². The fourth-order valence-corrected chi connectivity index (χ4v) is 2.94. The Hall–Kier alpha value is -1.68. The van der Waals surface area contributed by atoms with Gasteiger partial charge in [0.2, 0.25) is 0 Å². The fourth-order valence-electron chi connectivity index (χ4n) is 1.81. The van der Waals surface area contributed by atoms with Crippen LogP contribution in [0.4, 0.5) is 0 Å². The van der Waals surface area contributed by atoms with Crippen molar-refractivity contribution in [2.75, 3.05) is 5.75 Å². The van der Waals surface area contributed by atoms with Gasteiger partial charge in [-0.2, -0.15) is 0 Å². The Labute approximate surface area is 107 Å². The summed E-state index contributed by atoms with van der Waals surface area (Å²) in [4.78, 5) is 4.64. The number of hydrogen-bond acceptors (Lipinski definition) is 3. The van der Waals surface area contributed by atoms with E-state index in [4.69, 9.17) is 0 Å². The van der Waals surface area contributed by atoms with E-state index in [1.165, 1.54) is 0 Å².